The molecule has 1 aromatic carbocycles. The van der Waals surface area contributed by atoms with Crippen LogP contribution in [-0.2, 0) is 4.74 Å². The number of rotatable bonds is 4. The molecule has 0 aliphatic heterocycles. The first kappa shape index (κ1) is 17.7. The zero-order chi connectivity index (χ0) is 18.0. The Bertz CT molecular complexity index is 846. The maximum Gasteiger partial charge on any atom is 0.387 e. The van der Waals surface area contributed by atoms with E-state index in [0.717, 1.165) is 30.0 Å². The molecule has 24 heavy (non-hydrogen) atoms. The minimum atomic E-state index is -3.23. The van der Waals surface area contributed by atoms with Crippen molar-refractivity contribution in [2.45, 2.75) is 6.61 Å². The van der Waals surface area contributed by atoms with E-state index in [-0.39, 0.29) is 27.1 Å². The van der Waals surface area contributed by atoms with Gasteiger partial charge in [0.25, 0.3) is 0 Å². The molecule has 1 heterocycles. The third kappa shape index (κ3) is 3.16. The van der Waals surface area contributed by atoms with Gasteiger partial charge in [0, 0.05) is 12.3 Å². The number of carbonyl (C=O) groups is 1. The zero-order valence-electron chi connectivity index (χ0n) is 12.0. The number of aromatic nitrogens is 1. The molecule has 2 aromatic rings. The van der Waals surface area contributed by atoms with Crippen molar-refractivity contribution in [3.05, 3.63) is 39.9 Å². The summed E-state index contributed by atoms with van der Waals surface area (Å²) in [7, 11) is 1.09. The first-order valence-electron chi connectivity index (χ1n) is 6.23. The second-order valence-corrected chi connectivity index (χ2v) is 5.25. The molecule has 10 heteroatoms. The fourth-order valence-electron chi connectivity index (χ4n) is 2.00. The van der Waals surface area contributed by atoms with Gasteiger partial charge in [-0.05, 0) is 22.0 Å². The van der Waals surface area contributed by atoms with Gasteiger partial charge >= 0.3 is 12.6 Å². The molecule has 2 rings (SSSR count). The standard InChI is InChI=1S/C14H9BrF3N3O3/c1-23-13(22)12-11(20)6(4-19)5-21(12)9-2-7(15)8(16)3-10(9)24-14(17)18/h2-3,5,14H,20H2,1H3. The molecule has 0 radical (unpaired) electrons. The minimum absolute atomic E-state index is 0.0688. The van der Waals surface area contributed by atoms with Crippen LogP contribution in [0.2, 0.25) is 0 Å². The van der Waals surface area contributed by atoms with Crippen LogP contribution in [0.5, 0.6) is 5.75 Å². The number of nitrogens with two attached hydrogens (primary N) is 1. The summed E-state index contributed by atoms with van der Waals surface area (Å²) >= 11 is 2.92. The molecule has 0 spiro atoms. The monoisotopic (exact) mass is 403 g/mol. The largest absolute Gasteiger partial charge is 0.464 e. The smallest absolute Gasteiger partial charge is 0.387 e. The fraction of sp³-hybridized carbons (Fsp3) is 0.143. The summed E-state index contributed by atoms with van der Waals surface area (Å²) in [5, 5.41) is 9.06. The topological polar surface area (TPSA) is 90.3 Å². The average molecular weight is 404 g/mol. The lowest BCUT2D eigenvalue weighted by Gasteiger charge is -2.15. The molecule has 0 atom stereocenters. The summed E-state index contributed by atoms with van der Waals surface area (Å²) in [6.45, 7) is -3.23. The molecule has 6 nitrogen and oxygen atoms in total. The van der Waals surface area contributed by atoms with E-state index in [4.69, 9.17) is 11.0 Å². The lowest BCUT2D eigenvalue weighted by Crippen LogP contribution is -2.13. The number of esters is 1. The summed E-state index contributed by atoms with van der Waals surface area (Å²) in [5.41, 5.74) is 5.04. The van der Waals surface area contributed by atoms with Crippen LogP contribution in [0.4, 0.5) is 18.9 Å². The normalized spacial score (nSPS) is 10.5. The molecule has 0 aliphatic carbocycles. The molecule has 0 unspecified atom stereocenters. The van der Waals surface area contributed by atoms with Crippen LogP contribution < -0.4 is 10.5 Å². The highest BCUT2D eigenvalue weighted by Crippen LogP contribution is 2.34. The van der Waals surface area contributed by atoms with E-state index in [2.05, 4.69) is 25.4 Å². The lowest BCUT2D eigenvalue weighted by atomic mass is 10.2. The lowest BCUT2D eigenvalue weighted by molar-refractivity contribution is -0.0500. The summed E-state index contributed by atoms with van der Waals surface area (Å²) in [4.78, 5) is 11.9. The van der Waals surface area contributed by atoms with Gasteiger partial charge in [-0.2, -0.15) is 14.0 Å². The van der Waals surface area contributed by atoms with Crippen LogP contribution in [-0.4, -0.2) is 24.3 Å². The van der Waals surface area contributed by atoms with Crippen molar-refractivity contribution in [2.24, 2.45) is 0 Å². The number of anilines is 1. The predicted octanol–water partition coefficient (Wildman–Crippen LogP) is 3.22. The fourth-order valence-corrected chi connectivity index (χ4v) is 2.33. The Hall–Kier alpha value is -2.67. The third-order valence-electron chi connectivity index (χ3n) is 3.02. The number of nitrogen functional groups attached to an aromatic ring is 1. The van der Waals surface area contributed by atoms with Gasteiger partial charge < -0.3 is 19.8 Å². The molecular formula is C14H9BrF3N3O3. The van der Waals surface area contributed by atoms with Gasteiger partial charge in [0.1, 0.15) is 11.9 Å². The van der Waals surface area contributed by atoms with E-state index in [9.17, 15) is 18.0 Å². The van der Waals surface area contributed by atoms with Crippen LogP contribution in [0.15, 0.2) is 22.8 Å². The Labute approximate surface area is 142 Å². The Balaban J connectivity index is 2.78. The second-order valence-electron chi connectivity index (χ2n) is 4.39. The van der Waals surface area contributed by atoms with Crippen molar-refractivity contribution in [1.82, 2.24) is 4.57 Å². The Kier molecular flexibility index (Phi) is 5.04. The van der Waals surface area contributed by atoms with Crippen molar-refractivity contribution < 1.29 is 27.4 Å². The van der Waals surface area contributed by atoms with E-state index in [1.807, 2.05) is 0 Å². The van der Waals surface area contributed by atoms with Crippen molar-refractivity contribution in [1.29, 1.82) is 5.26 Å². The Morgan fingerprint density at radius 1 is 1.46 bits per heavy atom. The SMILES string of the molecule is COC(=O)c1c(N)c(C#N)cn1-c1cc(Br)c(F)cc1OC(F)F. The number of carbonyl (C=O) groups excluding carboxylic acids is 1. The third-order valence-corrected chi connectivity index (χ3v) is 3.63. The van der Waals surface area contributed by atoms with E-state index in [1.165, 1.54) is 0 Å². The highest BCUT2D eigenvalue weighted by atomic mass is 79.9. The van der Waals surface area contributed by atoms with Crippen LogP contribution in [0.3, 0.4) is 0 Å². The molecule has 1 aromatic heterocycles. The maximum absolute atomic E-state index is 13.7. The first-order valence-corrected chi connectivity index (χ1v) is 7.02. The zero-order valence-corrected chi connectivity index (χ0v) is 13.6. The van der Waals surface area contributed by atoms with E-state index in [1.54, 1.807) is 6.07 Å². The molecule has 2 N–H and O–H groups in total. The van der Waals surface area contributed by atoms with Gasteiger partial charge in [0.2, 0.25) is 0 Å². The Morgan fingerprint density at radius 3 is 2.67 bits per heavy atom. The number of hydrogen-bond donors (Lipinski definition) is 1. The van der Waals surface area contributed by atoms with E-state index < -0.39 is 24.1 Å². The number of hydrogen-bond acceptors (Lipinski definition) is 5. The number of halogens is 4. The number of methoxy groups -OCH3 is 1. The Morgan fingerprint density at radius 2 is 2.12 bits per heavy atom. The van der Waals surface area contributed by atoms with Crippen molar-refractivity contribution in [2.75, 3.05) is 12.8 Å². The van der Waals surface area contributed by atoms with Crippen LogP contribution in [0.25, 0.3) is 5.69 Å². The van der Waals surface area contributed by atoms with Crippen molar-refractivity contribution in [3.8, 4) is 17.5 Å². The highest BCUT2D eigenvalue weighted by molar-refractivity contribution is 9.10. The number of nitrogens with zero attached hydrogens (tertiary/aromatic N) is 2. The van der Waals surface area contributed by atoms with Crippen molar-refractivity contribution in [3.63, 3.8) is 0 Å². The quantitative estimate of drug-likeness (QED) is 0.791. The van der Waals surface area contributed by atoms with E-state index >= 15 is 0 Å². The molecule has 0 bridgehead atoms. The molecule has 0 fully saturated rings. The van der Waals surface area contributed by atoms with Gasteiger partial charge in [-0.3, -0.25) is 0 Å². The predicted molar refractivity (Wildman–Crippen MR) is 80.5 cm³/mol. The highest BCUT2D eigenvalue weighted by Gasteiger charge is 2.25. The van der Waals surface area contributed by atoms with Gasteiger partial charge in [-0.15, -0.1) is 0 Å². The first-order chi connectivity index (χ1) is 11.3. The van der Waals surface area contributed by atoms with Crippen LogP contribution >= 0.6 is 15.9 Å². The summed E-state index contributed by atoms with van der Waals surface area (Å²) in [5.74, 6) is -2.30. The van der Waals surface area contributed by atoms with Crippen LogP contribution in [0, 0.1) is 17.1 Å². The van der Waals surface area contributed by atoms with Crippen molar-refractivity contribution >= 4 is 27.6 Å². The molecule has 0 saturated carbocycles. The molecular weight excluding hydrogens is 395 g/mol. The number of nitriles is 1. The number of benzene rings is 1. The van der Waals surface area contributed by atoms with E-state index in [0.29, 0.717) is 0 Å². The number of alkyl halides is 2. The summed E-state index contributed by atoms with van der Waals surface area (Å²) in [6, 6.07) is 3.59. The van der Waals surface area contributed by atoms with Gasteiger partial charge in [-0.25, -0.2) is 9.18 Å². The van der Waals surface area contributed by atoms with Gasteiger partial charge in [0.05, 0.1) is 28.5 Å². The number of ether oxygens (including phenoxy) is 2. The average Bonchev–Trinajstić information content (AvgIpc) is 2.86. The molecule has 126 valence electrons. The molecule has 0 saturated heterocycles. The van der Waals surface area contributed by atoms with Gasteiger partial charge in [-0.1, -0.05) is 0 Å². The maximum atomic E-state index is 13.7. The minimum Gasteiger partial charge on any atom is -0.464 e. The van der Waals surface area contributed by atoms with Gasteiger partial charge in [0.15, 0.2) is 11.4 Å². The summed E-state index contributed by atoms with van der Waals surface area (Å²) in [6.07, 6.45) is 1.14. The summed E-state index contributed by atoms with van der Waals surface area (Å²) < 4.78 is 48.7. The second kappa shape index (κ2) is 6.84. The molecule has 0 amide bonds. The molecule has 0 aliphatic rings. The van der Waals surface area contributed by atoms with Crippen LogP contribution in [0.1, 0.15) is 16.1 Å².